The summed E-state index contributed by atoms with van der Waals surface area (Å²) in [6.45, 7) is 2.13. The lowest BCUT2D eigenvalue weighted by Gasteiger charge is -2.12. The molecular weight excluding hydrogens is 375 g/mol. The summed E-state index contributed by atoms with van der Waals surface area (Å²) >= 11 is 0. The van der Waals surface area contributed by atoms with Crippen LogP contribution in [0.15, 0.2) is 48.5 Å². The average molecular weight is 396 g/mol. The molecule has 0 unspecified atom stereocenters. The minimum atomic E-state index is -0.519. The number of hydrogen-bond donors (Lipinski definition) is 2. The predicted octanol–water partition coefficient (Wildman–Crippen LogP) is 3.81. The number of para-hydroxylation sites is 1. The lowest BCUT2D eigenvalue weighted by atomic mass is 10.2. The number of hydrogen-bond acceptors (Lipinski definition) is 6. The third-order valence-electron chi connectivity index (χ3n) is 4.11. The van der Waals surface area contributed by atoms with Crippen molar-refractivity contribution < 1.29 is 18.7 Å². The van der Waals surface area contributed by atoms with E-state index in [1.165, 1.54) is 18.2 Å². The minimum absolute atomic E-state index is 0.0913. The number of methoxy groups -OCH3 is 2. The molecule has 0 aliphatic rings. The zero-order valence-corrected chi connectivity index (χ0v) is 16.3. The van der Waals surface area contributed by atoms with Gasteiger partial charge in [-0.3, -0.25) is 4.79 Å². The Bertz CT molecular complexity index is 1030. The molecule has 0 fully saturated rings. The monoisotopic (exact) mass is 396 g/mol. The summed E-state index contributed by atoms with van der Waals surface area (Å²) in [5, 5.41) is 5.68. The molecule has 0 saturated heterocycles. The van der Waals surface area contributed by atoms with Crippen molar-refractivity contribution in [2.24, 2.45) is 0 Å². The molecule has 3 rings (SSSR count). The highest BCUT2D eigenvalue weighted by Gasteiger charge is 2.13. The molecule has 0 radical (unpaired) electrons. The molecule has 8 heteroatoms. The number of ether oxygens (including phenoxy) is 2. The van der Waals surface area contributed by atoms with E-state index in [1.807, 2.05) is 18.2 Å². The number of amides is 1. The van der Waals surface area contributed by atoms with Gasteiger partial charge in [0.25, 0.3) is 5.91 Å². The first kappa shape index (κ1) is 20.1. The van der Waals surface area contributed by atoms with Crippen LogP contribution >= 0.6 is 0 Å². The number of nitrogens with zero attached hydrogens (tertiary/aromatic N) is 2. The second-order valence-corrected chi connectivity index (χ2v) is 6.16. The molecule has 1 heterocycles. The number of nitrogens with one attached hydrogen (secondary N) is 2. The number of benzene rings is 2. The highest BCUT2D eigenvalue weighted by atomic mass is 19.1. The summed E-state index contributed by atoms with van der Waals surface area (Å²) in [5.41, 5.74) is 1.17. The molecule has 2 N–H and O–H groups in total. The predicted molar refractivity (Wildman–Crippen MR) is 108 cm³/mol. The Balaban J connectivity index is 1.74. The molecule has 7 nitrogen and oxygen atoms in total. The first-order valence-electron chi connectivity index (χ1n) is 8.86. The van der Waals surface area contributed by atoms with Gasteiger partial charge in [-0.15, -0.1) is 0 Å². The number of aryl methyl sites for hydroxylation is 1. The molecular formula is C21H21FN4O3. The van der Waals surface area contributed by atoms with Crippen molar-refractivity contribution in [1.82, 2.24) is 9.97 Å². The molecule has 0 atom stereocenters. The standard InChI is InChI=1S/C21H21FN4O3/c1-13-24-17(21(27)26-16-7-5-4-6-15(16)22)11-20(25-13)23-12-14-8-9-18(28-2)19(10-14)29-3/h4-11H,12H2,1-3H3,(H,26,27)(H,23,24,25). The second kappa shape index (κ2) is 9.01. The van der Waals surface area contributed by atoms with Crippen LogP contribution in [0.25, 0.3) is 0 Å². The van der Waals surface area contributed by atoms with E-state index in [2.05, 4.69) is 20.6 Å². The van der Waals surface area contributed by atoms with Gasteiger partial charge in [-0.1, -0.05) is 18.2 Å². The Kier molecular flexibility index (Phi) is 6.23. The van der Waals surface area contributed by atoms with E-state index < -0.39 is 11.7 Å². The molecule has 0 bridgehead atoms. The topological polar surface area (TPSA) is 85.4 Å². The summed E-state index contributed by atoms with van der Waals surface area (Å²) in [6.07, 6.45) is 0. The Hall–Kier alpha value is -3.68. The Morgan fingerprint density at radius 2 is 1.79 bits per heavy atom. The fourth-order valence-corrected chi connectivity index (χ4v) is 2.71. The summed E-state index contributed by atoms with van der Waals surface area (Å²) in [4.78, 5) is 20.9. The summed E-state index contributed by atoms with van der Waals surface area (Å²) in [7, 11) is 3.15. The van der Waals surface area contributed by atoms with Gasteiger partial charge in [-0.05, 0) is 36.8 Å². The van der Waals surface area contributed by atoms with E-state index >= 15 is 0 Å². The van der Waals surface area contributed by atoms with Gasteiger partial charge in [0, 0.05) is 12.6 Å². The van der Waals surface area contributed by atoms with E-state index in [0.29, 0.717) is 29.7 Å². The van der Waals surface area contributed by atoms with Crippen LogP contribution in [0.5, 0.6) is 11.5 Å². The van der Waals surface area contributed by atoms with Crippen molar-refractivity contribution in [1.29, 1.82) is 0 Å². The van der Waals surface area contributed by atoms with E-state index in [4.69, 9.17) is 9.47 Å². The van der Waals surface area contributed by atoms with E-state index in [-0.39, 0.29) is 11.4 Å². The zero-order valence-electron chi connectivity index (χ0n) is 16.3. The van der Waals surface area contributed by atoms with Crippen LogP contribution < -0.4 is 20.1 Å². The van der Waals surface area contributed by atoms with Crippen molar-refractivity contribution in [3.63, 3.8) is 0 Å². The quantitative estimate of drug-likeness (QED) is 0.632. The molecule has 0 saturated carbocycles. The second-order valence-electron chi connectivity index (χ2n) is 6.16. The molecule has 1 amide bonds. The first-order valence-corrected chi connectivity index (χ1v) is 8.86. The van der Waals surface area contributed by atoms with Gasteiger partial charge in [0.1, 0.15) is 23.2 Å². The van der Waals surface area contributed by atoms with Crippen LogP contribution in [-0.4, -0.2) is 30.1 Å². The van der Waals surface area contributed by atoms with Crippen molar-refractivity contribution in [3.05, 3.63) is 71.4 Å². The molecule has 0 aliphatic heterocycles. The molecule has 3 aromatic rings. The highest BCUT2D eigenvalue weighted by Crippen LogP contribution is 2.27. The van der Waals surface area contributed by atoms with Gasteiger partial charge in [-0.25, -0.2) is 14.4 Å². The van der Waals surface area contributed by atoms with Gasteiger partial charge < -0.3 is 20.1 Å². The van der Waals surface area contributed by atoms with Gasteiger partial charge in [0.2, 0.25) is 0 Å². The average Bonchev–Trinajstić information content (AvgIpc) is 2.73. The number of anilines is 2. The summed E-state index contributed by atoms with van der Waals surface area (Å²) in [6, 6.07) is 13.0. The maximum Gasteiger partial charge on any atom is 0.274 e. The maximum atomic E-state index is 13.8. The lowest BCUT2D eigenvalue weighted by molar-refractivity contribution is 0.102. The number of rotatable bonds is 7. The van der Waals surface area contributed by atoms with Crippen molar-refractivity contribution in [3.8, 4) is 11.5 Å². The number of halogens is 1. The van der Waals surface area contributed by atoms with Crippen LogP contribution in [0.4, 0.5) is 15.9 Å². The largest absolute Gasteiger partial charge is 0.493 e. The van der Waals surface area contributed by atoms with E-state index in [1.54, 1.807) is 33.3 Å². The van der Waals surface area contributed by atoms with Crippen molar-refractivity contribution in [2.75, 3.05) is 24.9 Å². The molecule has 0 spiro atoms. The summed E-state index contributed by atoms with van der Waals surface area (Å²) in [5.74, 6) is 1.12. The highest BCUT2D eigenvalue weighted by molar-refractivity contribution is 6.03. The summed E-state index contributed by atoms with van der Waals surface area (Å²) < 4.78 is 24.3. The van der Waals surface area contributed by atoms with Crippen LogP contribution in [0.1, 0.15) is 21.9 Å². The smallest absolute Gasteiger partial charge is 0.274 e. The maximum absolute atomic E-state index is 13.8. The zero-order chi connectivity index (χ0) is 20.8. The van der Waals surface area contributed by atoms with Crippen LogP contribution in [0, 0.1) is 12.7 Å². The molecule has 150 valence electrons. The number of carbonyl (C=O) groups excluding carboxylic acids is 1. The SMILES string of the molecule is COc1ccc(CNc2cc(C(=O)Nc3ccccc3F)nc(C)n2)cc1OC. The fourth-order valence-electron chi connectivity index (χ4n) is 2.71. The van der Waals surface area contributed by atoms with Crippen LogP contribution in [0.2, 0.25) is 0 Å². The minimum Gasteiger partial charge on any atom is -0.493 e. The third-order valence-corrected chi connectivity index (χ3v) is 4.11. The van der Waals surface area contributed by atoms with Crippen LogP contribution in [0.3, 0.4) is 0 Å². The normalized spacial score (nSPS) is 10.3. The number of carbonyl (C=O) groups is 1. The van der Waals surface area contributed by atoms with Gasteiger partial charge in [0.15, 0.2) is 11.5 Å². The molecule has 2 aromatic carbocycles. The van der Waals surface area contributed by atoms with E-state index in [9.17, 15) is 9.18 Å². The molecule has 29 heavy (non-hydrogen) atoms. The van der Waals surface area contributed by atoms with Crippen molar-refractivity contribution >= 4 is 17.4 Å². The fraction of sp³-hybridized carbons (Fsp3) is 0.190. The Morgan fingerprint density at radius 3 is 2.52 bits per heavy atom. The van der Waals surface area contributed by atoms with Crippen molar-refractivity contribution in [2.45, 2.75) is 13.5 Å². The van der Waals surface area contributed by atoms with Gasteiger partial charge in [0.05, 0.1) is 19.9 Å². The lowest BCUT2D eigenvalue weighted by Crippen LogP contribution is -2.16. The van der Waals surface area contributed by atoms with E-state index in [0.717, 1.165) is 5.56 Å². The molecule has 0 aliphatic carbocycles. The van der Waals surface area contributed by atoms with Gasteiger partial charge in [-0.2, -0.15) is 0 Å². The Labute approximate surface area is 167 Å². The Morgan fingerprint density at radius 1 is 1.03 bits per heavy atom. The number of aromatic nitrogens is 2. The molecule has 1 aromatic heterocycles. The third kappa shape index (κ3) is 4.98. The van der Waals surface area contributed by atoms with Crippen LogP contribution in [-0.2, 0) is 6.54 Å². The first-order chi connectivity index (χ1) is 14.0. The van der Waals surface area contributed by atoms with Gasteiger partial charge >= 0.3 is 0 Å².